The second-order valence-corrected chi connectivity index (χ2v) is 6.70. The second kappa shape index (κ2) is 8.92. The lowest BCUT2D eigenvalue weighted by molar-refractivity contribution is -0.567. The van der Waals surface area contributed by atoms with Crippen LogP contribution < -0.4 is 4.57 Å². The molecular formula is C20H19NO3S. The highest BCUT2D eigenvalue weighted by atomic mass is 32.2. The molecule has 128 valence electrons. The van der Waals surface area contributed by atoms with E-state index in [1.54, 1.807) is 12.1 Å². The Balaban J connectivity index is 0.000000186. The lowest BCUT2D eigenvalue weighted by Gasteiger charge is -2.05. The Labute approximate surface area is 148 Å². The summed E-state index contributed by atoms with van der Waals surface area (Å²) in [6, 6.07) is 22.1. The van der Waals surface area contributed by atoms with Gasteiger partial charge in [0.05, 0.1) is 4.90 Å². The number of hydrogen-bond acceptors (Lipinski definition) is 3. The highest BCUT2D eigenvalue weighted by Crippen LogP contribution is 2.08. The number of hydrogen-bond donors (Lipinski definition) is 0. The molecule has 0 saturated carbocycles. The fourth-order valence-corrected chi connectivity index (χ4v) is 2.42. The van der Waals surface area contributed by atoms with Gasteiger partial charge in [0.25, 0.3) is 0 Å². The Morgan fingerprint density at radius 3 is 1.96 bits per heavy atom. The van der Waals surface area contributed by atoms with Crippen LogP contribution in [0.25, 0.3) is 12.3 Å². The summed E-state index contributed by atoms with van der Waals surface area (Å²) in [5, 5.41) is 0. The maximum Gasteiger partial charge on any atom is 0.175 e. The summed E-state index contributed by atoms with van der Waals surface area (Å²) >= 11 is 0. The number of aryl methyl sites for hydroxylation is 1. The molecule has 3 rings (SSSR count). The van der Waals surface area contributed by atoms with Crippen LogP contribution in [0.1, 0.15) is 11.1 Å². The zero-order valence-corrected chi connectivity index (χ0v) is 14.6. The molecule has 3 aromatic rings. The van der Waals surface area contributed by atoms with Crippen molar-refractivity contribution in [2.24, 2.45) is 0 Å². The molecule has 0 amide bonds. The van der Waals surface area contributed by atoms with Crippen LogP contribution >= 0.6 is 0 Å². The zero-order valence-electron chi connectivity index (χ0n) is 13.8. The third kappa shape index (κ3) is 6.71. The number of rotatable bonds is 3. The molecule has 0 atom stereocenters. The molecule has 0 unspecified atom stereocenters. The normalized spacial score (nSPS) is 11.0. The Hall–Kier alpha value is -2.76. The third-order valence-electron chi connectivity index (χ3n) is 3.29. The molecule has 1 aromatic heterocycles. The minimum atomic E-state index is -4.27. The first-order chi connectivity index (χ1) is 11.9. The van der Waals surface area contributed by atoms with Crippen molar-refractivity contribution in [1.82, 2.24) is 0 Å². The quantitative estimate of drug-likeness (QED) is 0.535. The van der Waals surface area contributed by atoms with E-state index in [0.29, 0.717) is 0 Å². The lowest BCUT2D eigenvalue weighted by atomic mass is 10.2. The van der Waals surface area contributed by atoms with Crippen LogP contribution in [-0.4, -0.2) is 13.0 Å². The van der Waals surface area contributed by atoms with Gasteiger partial charge in [0.15, 0.2) is 18.6 Å². The van der Waals surface area contributed by atoms with Crippen molar-refractivity contribution < 1.29 is 17.5 Å². The molecule has 0 N–H and O–H groups in total. The van der Waals surface area contributed by atoms with Crippen LogP contribution in [0.15, 0.2) is 90.1 Å². The number of benzene rings is 2. The fraction of sp³-hybridized carbons (Fsp3) is 0.0500. The summed E-state index contributed by atoms with van der Waals surface area (Å²) in [5.74, 6) is 0. The van der Waals surface area contributed by atoms with Crippen LogP contribution in [0.3, 0.4) is 0 Å². The van der Waals surface area contributed by atoms with Gasteiger partial charge < -0.3 is 4.55 Å². The predicted octanol–water partition coefficient (Wildman–Crippen LogP) is 3.50. The highest BCUT2D eigenvalue weighted by Gasteiger charge is 1.97. The molecule has 0 aliphatic heterocycles. The zero-order chi connectivity index (χ0) is 18.1. The molecule has 0 bridgehead atoms. The fourth-order valence-electron chi connectivity index (χ4n) is 1.95. The average Bonchev–Trinajstić information content (AvgIpc) is 2.62. The summed E-state index contributed by atoms with van der Waals surface area (Å²) in [6.07, 6.45) is 8.15. The van der Waals surface area contributed by atoms with Gasteiger partial charge >= 0.3 is 0 Å². The monoisotopic (exact) mass is 353 g/mol. The molecule has 2 aromatic carbocycles. The van der Waals surface area contributed by atoms with Crippen molar-refractivity contribution in [3.8, 4) is 0 Å². The van der Waals surface area contributed by atoms with Crippen LogP contribution in [-0.2, 0) is 10.1 Å². The van der Waals surface area contributed by atoms with Gasteiger partial charge in [0, 0.05) is 18.2 Å². The minimum absolute atomic E-state index is 0.178. The first-order valence-corrected chi connectivity index (χ1v) is 9.07. The largest absolute Gasteiger partial charge is 0.744 e. The van der Waals surface area contributed by atoms with E-state index in [-0.39, 0.29) is 4.90 Å². The highest BCUT2D eigenvalue weighted by molar-refractivity contribution is 7.85. The average molecular weight is 353 g/mol. The van der Waals surface area contributed by atoms with Gasteiger partial charge in [-0.2, -0.15) is 4.57 Å². The maximum atomic E-state index is 10.4. The van der Waals surface area contributed by atoms with Crippen LogP contribution in [0.2, 0.25) is 0 Å². The molecule has 25 heavy (non-hydrogen) atoms. The molecule has 0 radical (unpaired) electrons. The molecule has 4 nitrogen and oxygen atoms in total. The first-order valence-electron chi connectivity index (χ1n) is 7.67. The van der Waals surface area contributed by atoms with E-state index in [1.165, 1.54) is 17.7 Å². The van der Waals surface area contributed by atoms with E-state index in [0.717, 1.165) is 5.56 Å². The van der Waals surface area contributed by atoms with Crippen molar-refractivity contribution >= 4 is 22.4 Å². The molecular weight excluding hydrogens is 334 g/mol. The Morgan fingerprint density at radius 2 is 1.40 bits per heavy atom. The van der Waals surface area contributed by atoms with Gasteiger partial charge in [-0.1, -0.05) is 54.1 Å². The van der Waals surface area contributed by atoms with Crippen LogP contribution in [0.5, 0.6) is 0 Å². The summed E-state index contributed by atoms with van der Waals surface area (Å²) in [6.45, 7) is 1.82. The Kier molecular flexibility index (Phi) is 6.62. The topological polar surface area (TPSA) is 61.1 Å². The van der Waals surface area contributed by atoms with Gasteiger partial charge in [-0.25, -0.2) is 8.42 Å². The number of aromatic nitrogens is 1. The first kappa shape index (κ1) is 18.6. The van der Waals surface area contributed by atoms with E-state index in [2.05, 4.69) is 18.2 Å². The van der Waals surface area contributed by atoms with E-state index >= 15 is 0 Å². The predicted molar refractivity (Wildman–Crippen MR) is 97.4 cm³/mol. The molecule has 0 saturated heterocycles. The van der Waals surface area contributed by atoms with Crippen molar-refractivity contribution in [2.45, 2.75) is 11.8 Å². The van der Waals surface area contributed by atoms with Gasteiger partial charge in [-0.15, -0.1) is 0 Å². The van der Waals surface area contributed by atoms with Crippen molar-refractivity contribution in [1.29, 1.82) is 0 Å². The van der Waals surface area contributed by atoms with E-state index in [4.69, 9.17) is 0 Å². The third-order valence-corrected chi connectivity index (χ3v) is 4.14. The van der Waals surface area contributed by atoms with Gasteiger partial charge in [-0.05, 0) is 24.6 Å². The standard InChI is InChI=1S/C13H12N.C7H8O3S/c1-3-7-13(8-4-1)9-12-14-10-5-2-6-11-14;1-6-2-4-7(5-3-6)11(8,9)10/h1-12H;2-5H,1H3,(H,8,9,10)/q+1;/p-1. The molecule has 0 aliphatic carbocycles. The van der Waals surface area contributed by atoms with Gasteiger partial charge in [-0.3, -0.25) is 0 Å². The van der Waals surface area contributed by atoms with Crippen LogP contribution in [0.4, 0.5) is 0 Å². The summed E-state index contributed by atoms with van der Waals surface area (Å²) in [5.41, 5.74) is 2.14. The molecule has 5 heteroatoms. The van der Waals surface area contributed by atoms with Crippen molar-refractivity contribution in [3.05, 3.63) is 96.3 Å². The molecule has 0 fully saturated rings. The van der Waals surface area contributed by atoms with Gasteiger partial charge in [0.1, 0.15) is 10.1 Å². The molecule has 1 heterocycles. The van der Waals surface area contributed by atoms with E-state index < -0.39 is 10.1 Å². The second-order valence-electron chi connectivity index (χ2n) is 5.32. The maximum absolute atomic E-state index is 10.4. The summed E-state index contributed by atoms with van der Waals surface area (Å²) in [7, 11) is -4.27. The summed E-state index contributed by atoms with van der Waals surface area (Å²) in [4.78, 5) is -0.178. The molecule has 0 aliphatic rings. The Morgan fingerprint density at radius 1 is 0.840 bits per heavy atom. The number of nitrogens with zero attached hydrogens (tertiary/aromatic N) is 1. The number of pyridine rings is 1. The van der Waals surface area contributed by atoms with Crippen molar-refractivity contribution in [3.63, 3.8) is 0 Å². The van der Waals surface area contributed by atoms with E-state index in [1.807, 2.05) is 66.5 Å². The minimum Gasteiger partial charge on any atom is -0.744 e. The van der Waals surface area contributed by atoms with Gasteiger partial charge in [0.2, 0.25) is 0 Å². The SMILES string of the molecule is C(=C[n+]1ccccc1)c1ccccc1.Cc1ccc(S(=O)(=O)[O-])cc1. The van der Waals surface area contributed by atoms with Crippen molar-refractivity contribution in [2.75, 3.05) is 0 Å². The van der Waals surface area contributed by atoms with Crippen LogP contribution in [0, 0.1) is 6.92 Å². The molecule has 0 spiro atoms. The lowest BCUT2D eigenvalue weighted by Crippen LogP contribution is -2.23. The van der Waals surface area contributed by atoms with E-state index in [9.17, 15) is 13.0 Å². The Bertz CT molecular complexity index is 863. The summed E-state index contributed by atoms with van der Waals surface area (Å²) < 4.78 is 33.2. The smallest absolute Gasteiger partial charge is 0.175 e.